The summed E-state index contributed by atoms with van der Waals surface area (Å²) in [6, 6.07) is 0. The van der Waals surface area contributed by atoms with Gasteiger partial charge in [-0.15, -0.1) is 12.4 Å². The third-order valence-corrected chi connectivity index (χ3v) is 3.22. The number of likely N-dealkylation sites (N-methyl/N-ethyl adjacent to an activating group) is 1. The Morgan fingerprint density at radius 2 is 1.76 bits per heavy atom. The number of nitrogens with one attached hydrogen (secondary N) is 2. The van der Waals surface area contributed by atoms with Crippen LogP contribution in [0.1, 0.15) is 19.8 Å². The summed E-state index contributed by atoms with van der Waals surface area (Å²) in [6.45, 7) is 3.25. The van der Waals surface area contributed by atoms with Crippen LogP contribution in [0.3, 0.4) is 0 Å². The summed E-state index contributed by atoms with van der Waals surface area (Å²) >= 11 is 0. The SMILES string of the molecule is CCNCCNS(=O)(=O)CCCC(F)(F)F.Cl. The highest BCUT2D eigenvalue weighted by molar-refractivity contribution is 7.89. The van der Waals surface area contributed by atoms with Gasteiger partial charge in [0.2, 0.25) is 10.0 Å². The minimum atomic E-state index is -4.29. The Labute approximate surface area is 106 Å². The van der Waals surface area contributed by atoms with Crippen LogP contribution in [-0.4, -0.2) is 40.0 Å². The number of hydrogen-bond donors (Lipinski definition) is 2. The van der Waals surface area contributed by atoms with Crippen molar-refractivity contribution in [3.8, 4) is 0 Å². The van der Waals surface area contributed by atoms with Gasteiger partial charge in [0.25, 0.3) is 0 Å². The second-order valence-corrected chi connectivity index (χ2v) is 5.21. The van der Waals surface area contributed by atoms with Gasteiger partial charge in [-0.1, -0.05) is 6.92 Å². The molecule has 0 amide bonds. The maximum atomic E-state index is 11.8. The van der Waals surface area contributed by atoms with Gasteiger partial charge >= 0.3 is 6.18 Å². The highest BCUT2D eigenvalue weighted by Crippen LogP contribution is 2.21. The second kappa shape index (κ2) is 8.96. The molecular weight excluding hydrogens is 281 g/mol. The summed E-state index contributed by atoms with van der Waals surface area (Å²) in [5.41, 5.74) is 0. The average molecular weight is 299 g/mol. The van der Waals surface area contributed by atoms with Crippen molar-refractivity contribution in [1.82, 2.24) is 10.0 Å². The van der Waals surface area contributed by atoms with Gasteiger partial charge in [0, 0.05) is 19.5 Å². The zero-order chi connectivity index (χ0) is 12.7. The van der Waals surface area contributed by atoms with Crippen LogP contribution in [-0.2, 0) is 10.0 Å². The molecule has 0 atom stereocenters. The van der Waals surface area contributed by atoms with Gasteiger partial charge in [-0.25, -0.2) is 13.1 Å². The fraction of sp³-hybridized carbons (Fsp3) is 1.00. The van der Waals surface area contributed by atoms with E-state index in [2.05, 4.69) is 10.0 Å². The molecule has 0 radical (unpaired) electrons. The van der Waals surface area contributed by atoms with Crippen LogP contribution in [0.15, 0.2) is 0 Å². The van der Waals surface area contributed by atoms with Crippen LogP contribution in [0.25, 0.3) is 0 Å². The first kappa shape index (κ1) is 19.3. The van der Waals surface area contributed by atoms with Crippen molar-refractivity contribution < 1.29 is 21.6 Å². The lowest BCUT2D eigenvalue weighted by Crippen LogP contribution is -2.33. The van der Waals surface area contributed by atoms with Crippen molar-refractivity contribution in [2.45, 2.75) is 25.9 Å². The quantitative estimate of drug-likeness (QED) is 0.664. The summed E-state index contributed by atoms with van der Waals surface area (Å²) in [7, 11) is -3.57. The van der Waals surface area contributed by atoms with Gasteiger partial charge in [0.1, 0.15) is 0 Å². The number of alkyl halides is 3. The molecule has 9 heteroatoms. The average Bonchev–Trinajstić information content (AvgIpc) is 2.10. The lowest BCUT2D eigenvalue weighted by atomic mass is 10.3. The standard InChI is InChI=1S/C8H17F3N2O2S.ClH/c1-2-12-5-6-13-16(14,15)7-3-4-8(9,10)11;/h12-13H,2-7H2,1H3;1H. The van der Waals surface area contributed by atoms with Gasteiger partial charge in [0.15, 0.2) is 0 Å². The van der Waals surface area contributed by atoms with E-state index in [1.54, 1.807) is 0 Å². The van der Waals surface area contributed by atoms with E-state index in [0.717, 1.165) is 6.54 Å². The number of halogens is 4. The first-order valence-electron chi connectivity index (χ1n) is 5.01. The Morgan fingerprint density at radius 3 is 2.24 bits per heavy atom. The Morgan fingerprint density at radius 1 is 1.18 bits per heavy atom. The maximum absolute atomic E-state index is 11.8. The van der Waals surface area contributed by atoms with Gasteiger partial charge < -0.3 is 5.32 Å². The third-order valence-electron chi connectivity index (χ3n) is 1.75. The van der Waals surface area contributed by atoms with Crippen LogP contribution < -0.4 is 10.0 Å². The number of rotatable bonds is 8. The van der Waals surface area contributed by atoms with Gasteiger partial charge in [-0.3, -0.25) is 0 Å². The predicted molar refractivity (Wildman–Crippen MR) is 62.9 cm³/mol. The molecule has 0 spiro atoms. The molecule has 2 N–H and O–H groups in total. The highest BCUT2D eigenvalue weighted by atomic mass is 35.5. The van der Waals surface area contributed by atoms with E-state index in [9.17, 15) is 21.6 Å². The fourth-order valence-electron chi connectivity index (χ4n) is 1.01. The van der Waals surface area contributed by atoms with E-state index in [4.69, 9.17) is 0 Å². The van der Waals surface area contributed by atoms with Crippen LogP contribution in [0.5, 0.6) is 0 Å². The molecule has 0 heterocycles. The monoisotopic (exact) mass is 298 g/mol. The Hall–Kier alpha value is -0.0500. The molecule has 0 rings (SSSR count). The summed E-state index contributed by atoms with van der Waals surface area (Å²) < 4.78 is 59.8. The second-order valence-electron chi connectivity index (χ2n) is 3.29. The molecule has 0 fully saturated rings. The van der Waals surface area contributed by atoms with Gasteiger partial charge in [-0.2, -0.15) is 13.2 Å². The highest BCUT2D eigenvalue weighted by Gasteiger charge is 2.27. The predicted octanol–water partition coefficient (Wildman–Crippen LogP) is 1.28. The van der Waals surface area contributed by atoms with Crippen molar-refractivity contribution in [1.29, 1.82) is 0 Å². The van der Waals surface area contributed by atoms with Crippen LogP contribution in [0, 0.1) is 0 Å². The van der Waals surface area contributed by atoms with E-state index >= 15 is 0 Å². The molecule has 0 aliphatic heterocycles. The Bertz CT molecular complexity index is 283. The van der Waals surface area contributed by atoms with Crippen molar-refractivity contribution in [2.75, 3.05) is 25.4 Å². The summed E-state index contributed by atoms with van der Waals surface area (Å²) in [6.07, 6.45) is -5.76. The zero-order valence-corrected chi connectivity index (χ0v) is 11.1. The van der Waals surface area contributed by atoms with E-state index in [-0.39, 0.29) is 19.0 Å². The van der Waals surface area contributed by atoms with Crippen molar-refractivity contribution >= 4 is 22.4 Å². The molecule has 0 aliphatic carbocycles. The van der Waals surface area contributed by atoms with Crippen molar-refractivity contribution in [3.63, 3.8) is 0 Å². The van der Waals surface area contributed by atoms with E-state index in [0.29, 0.717) is 6.54 Å². The first-order valence-corrected chi connectivity index (χ1v) is 6.67. The van der Waals surface area contributed by atoms with E-state index in [1.165, 1.54) is 0 Å². The lowest BCUT2D eigenvalue weighted by Gasteiger charge is -2.08. The molecule has 0 aromatic rings. The van der Waals surface area contributed by atoms with Crippen molar-refractivity contribution in [2.24, 2.45) is 0 Å². The molecular formula is C8H18ClF3N2O2S. The maximum Gasteiger partial charge on any atom is 0.389 e. The topological polar surface area (TPSA) is 58.2 Å². The number of sulfonamides is 1. The van der Waals surface area contributed by atoms with Crippen molar-refractivity contribution in [3.05, 3.63) is 0 Å². The van der Waals surface area contributed by atoms with Gasteiger partial charge in [0.05, 0.1) is 5.75 Å². The molecule has 106 valence electrons. The Balaban J connectivity index is 0. The normalized spacial score (nSPS) is 12.2. The molecule has 17 heavy (non-hydrogen) atoms. The fourth-order valence-corrected chi connectivity index (χ4v) is 2.09. The minimum absolute atomic E-state index is 0. The van der Waals surface area contributed by atoms with E-state index in [1.807, 2.05) is 6.92 Å². The molecule has 0 aromatic heterocycles. The third kappa shape index (κ3) is 13.9. The summed E-state index contributed by atoms with van der Waals surface area (Å²) in [5.74, 6) is -0.487. The summed E-state index contributed by atoms with van der Waals surface area (Å²) in [4.78, 5) is 0. The molecule has 0 aliphatic rings. The molecule has 4 nitrogen and oxygen atoms in total. The van der Waals surface area contributed by atoms with Crippen LogP contribution in [0.4, 0.5) is 13.2 Å². The largest absolute Gasteiger partial charge is 0.389 e. The molecule has 0 saturated heterocycles. The molecule has 0 unspecified atom stereocenters. The number of hydrogen-bond acceptors (Lipinski definition) is 3. The van der Waals surface area contributed by atoms with E-state index < -0.39 is 34.8 Å². The zero-order valence-electron chi connectivity index (χ0n) is 9.51. The minimum Gasteiger partial charge on any atom is -0.316 e. The summed E-state index contributed by atoms with van der Waals surface area (Å²) in [5, 5.41) is 2.89. The molecule has 0 bridgehead atoms. The van der Waals surface area contributed by atoms with Crippen LogP contribution in [0.2, 0.25) is 0 Å². The lowest BCUT2D eigenvalue weighted by molar-refractivity contribution is -0.134. The van der Waals surface area contributed by atoms with Gasteiger partial charge in [-0.05, 0) is 13.0 Å². The smallest absolute Gasteiger partial charge is 0.316 e. The molecule has 0 saturated carbocycles. The molecule has 0 aromatic carbocycles. The first-order chi connectivity index (χ1) is 7.27. The van der Waals surface area contributed by atoms with Crippen LogP contribution >= 0.6 is 12.4 Å². The Kier molecular flexibility index (Phi) is 10.2.